The van der Waals surface area contributed by atoms with Crippen molar-refractivity contribution in [3.05, 3.63) is 0 Å². The van der Waals surface area contributed by atoms with Crippen LogP contribution < -0.4 is 5.32 Å². The van der Waals surface area contributed by atoms with Crippen LogP contribution in [0, 0.1) is 10.7 Å². The van der Waals surface area contributed by atoms with Crippen LogP contribution in [-0.2, 0) is 9.53 Å². The van der Waals surface area contributed by atoms with E-state index >= 15 is 0 Å². The summed E-state index contributed by atoms with van der Waals surface area (Å²) >= 11 is 0.762. The second-order valence-electron chi connectivity index (χ2n) is 1.65. The van der Waals surface area contributed by atoms with Crippen molar-refractivity contribution in [3.8, 4) is 5.40 Å². The minimum Gasteiger partial charge on any atom is -0.450 e. The van der Waals surface area contributed by atoms with Gasteiger partial charge in [0.05, 0.1) is 12.4 Å². The van der Waals surface area contributed by atoms with Crippen LogP contribution >= 0.6 is 11.8 Å². The van der Waals surface area contributed by atoms with Gasteiger partial charge in [-0.1, -0.05) is 0 Å². The van der Waals surface area contributed by atoms with Gasteiger partial charge >= 0.3 is 6.09 Å². The molecule has 0 saturated heterocycles. The average Bonchev–Trinajstić information content (AvgIpc) is 2.01. The van der Waals surface area contributed by atoms with Crippen molar-refractivity contribution in [2.75, 3.05) is 12.4 Å². The molecule has 0 heterocycles. The third-order valence-corrected chi connectivity index (χ3v) is 1.32. The molecule has 0 aromatic rings. The van der Waals surface area contributed by atoms with Crippen molar-refractivity contribution in [1.82, 2.24) is 5.32 Å². The molecule has 0 bridgehead atoms. The van der Waals surface area contributed by atoms with Crippen molar-refractivity contribution in [3.63, 3.8) is 0 Å². The first-order valence-corrected chi connectivity index (χ1v) is 4.16. The van der Waals surface area contributed by atoms with E-state index in [0.717, 1.165) is 11.8 Å². The molecular formula is C6H8N2O3S. The predicted octanol–water partition coefficient (Wildman–Crippen LogP) is 0.473. The van der Waals surface area contributed by atoms with Gasteiger partial charge in [0.25, 0.3) is 0 Å². The topological polar surface area (TPSA) is 79.2 Å². The molecule has 0 rings (SSSR count). The highest BCUT2D eigenvalue weighted by Gasteiger charge is 2.06. The van der Waals surface area contributed by atoms with E-state index in [-0.39, 0.29) is 12.4 Å². The number of thioether (sulfide) groups is 1. The fourth-order valence-electron chi connectivity index (χ4n) is 0.415. The van der Waals surface area contributed by atoms with E-state index < -0.39 is 12.0 Å². The van der Waals surface area contributed by atoms with Gasteiger partial charge in [-0.15, -0.1) is 0 Å². The highest BCUT2D eigenvalue weighted by Crippen LogP contribution is 1.93. The van der Waals surface area contributed by atoms with Crippen molar-refractivity contribution in [1.29, 1.82) is 5.26 Å². The van der Waals surface area contributed by atoms with Gasteiger partial charge in [-0.25, -0.2) is 4.79 Å². The summed E-state index contributed by atoms with van der Waals surface area (Å²) < 4.78 is 4.43. The summed E-state index contributed by atoms with van der Waals surface area (Å²) in [5.41, 5.74) is 0. The van der Waals surface area contributed by atoms with Crippen LogP contribution in [0.15, 0.2) is 0 Å². The molecule has 12 heavy (non-hydrogen) atoms. The maximum absolute atomic E-state index is 10.7. The molecule has 0 aliphatic carbocycles. The molecule has 6 heteroatoms. The molecule has 0 spiro atoms. The van der Waals surface area contributed by atoms with Crippen molar-refractivity contribution < 1.29 is 14.3 Å². The van der Waals surface area contributed by atoms with Crippen LogP contribution in [0.25, 0.3) is 0 Å². The average molecular weight is 188 g/mol. The zero-order valence-electron chi connectivity index (χ0n) is 6.49. The number of alkyl carbamates (subject to hydrolysis) is 1. The van der Waals surface area contributed by atoms with Gasteiger partial charge < -0.3 is 4.74 Å². The van der Waals surface area contributed by atoms with Crippen molar-refractivity contribution >= 4 is 23.8 Å². The van der Waals surface area contributed by atoms with Gasteiger partial charge in [0.1, 0.15) is 5.40 Å². The number of rotatable bonds is 3. The number of hydrogen-bond acceptors (Lipinski definition) is 5. The number of nitriles is 1. The summed E-state index contributed by atoms with van der Waals surface area (Å²) in [4.78, 5) is 21.3. The van der Waals surface area contributed by atoms with Crippen LogP contribution in [0.5, 0.6) is 0 Å². The maximum atomic E-state index is 10.7. The number of ether oxygens (including phenoxy) is 1. The summed E-state index contributed by atoms with van der Waals surface area (Å²) in [5, 5.41) is 11.7. The van der Waals surface area contributed by atoms with Gasteiger partial charge in [0.15, 0.2) is 0 Å². The maximum Gasteiger partial charge on any atom is 0.413 e. The van der Waals surface area contributed by atoms with Gasteiger partial charge in [-0.05, 0) is 18.7 Å². The Labute approximate surface area is 74.1 Å². The summed E-state index contributed by atoms with van der Waals surface area (Å²) in [6.45, 7) is 1.85. The molecule has 0 unspecified atom stereocenters. The molecular weight excluding hydrogens is 180 g/mol. The van der Waals surface area contributed by atoms with Crippen molar-refractivity contribution in [2.24, 2.45) is 0 Å². The van der Waals surface area contributed by atoms with Crippen molar-refractivity contribution in [2.45, 2.75) is 6.92 Å². The summed E-state index contributed by atoms with van der Waals surface area (Å²) in [5.74, 6) is -0.588. The molecule has 1 N–H and O–H groups in total. The predicted molar refractivity (Wildman–Crippen MR) is 43.2 cm³/mol. The lowest BCUT2D eigenvalue weighted by atomic mass is 10.7. The zero-order valence-corrected chi connectivity index (χ0v) is 7.31. The first kappa shape index (κ1) is 10.8. The fourth-order valence-corrected chi connectivity index (χ4v) is 0.683. The van der Waals surface area contributed by atoms with Gasteiger partial charge in [-0.2, -0.15) is 5.26 Å². The van der Waals surface area contributed by atoms with Gasteiger partial charge in [0, 0.05) is 0 Å². The van der Waals surface area contributed by atoms with Gasteiger partial charge in [-0.3, -0.25) is 10.1 Å². The fraction of sp³-hybridized carbons (Fsp3) is 0.500. The lowest BCUT2D eigenvalue weighted by Gasteiger charge is -2.00. The van der Waals surface area contributed by atoms with Gasteiger partial charge in [0.2, 0.25) is 5.91 Å². The SMILES string of the molecule is CCOC(=O)NC(=O)CSC#N. The number of imide groups is 1. The second kappa shape index (κ2) is 6.49. The Hall–Kier alpha value is -1.22. The Balaban J connectivity index is 3.56. The molecule has 0 aliphatic rings. The first-order chi connectivity index (χ1) is 5.70. The Morgan fingerprint density at radius 1 is 1.67 bits per heavy atom. The summed E-state index contributed by atoms with van der Waals surface area (Å²) in [7, 11) is 0. The standard InChI is InChI=1S/C6H8N2O3S/c1-2-11-6(10)8-5(9)3-12-4-7/h2-3H2,1H3,(H,8,9,10). The van der Waals surface area contributed by atoms with E-state index in [4.69, 9.17) is 5.26 Å². The molecule has 0 radical (unpaired) electrons. The molecule has 0 atom stereocenters. The Bertz CT molecular complexity index is 211. The van der Waals surface area contributed by atoms with Crippen LogP contribution in [-0.4, -0.2) is 24.4 Å². The van der Waals surface area contributed by atoms with E-state index in [9.17, 15) is 9.59 Å². The van der Waals surface area contributed by atoms with E-state index in [0.29, 0.717) is 0 Å². The Morgan fingerprint density at radius 2 is 2.33 bits per heavy atom. The number of thiocyanates is 1. The Morgan fingerprint density at radius 3 is 2.83 bits per heavy atom. The number of nitrogens with one attached hydrogen (secondary N) is 1. The second-order valence-corrected chi connectivity index (χ2v) is 2.41. The Kier molecular flexibility index (Phi) is 5.83. The van der Waals surface area contributed by atoms with E-state index in [1.54, 1.807) is 12.3 Å². The highest BCUT2D eigenvalue weighted by molar-refractivity contribution is 8.04. The molecule has 0 aromatic heterocycles. The number of nitrogens with zero attached hydrogens (tertiary/aromatic N) is 1. The third-order valence-electron chi connectivity index (χ3n) is 0.785. The molecule has 0 fully saturated rings. The molecule has 2 amide bonds. The van der Waals surface area contributed by atoms with E-state index in [2.05, 4.69) is 4.74 Å². The number of carbonyl (C=O) groups excluding carboxylic acids is 2. The molecule has 0 saturated carbocycles. The van der Waals surface area contributed by atoms with Crippen LogP contribution in [0.2, 0.25) is 0 Å². The van der Waals surface area contributed by atoms with Crippen LogP contribution in [0.3, 0.4) is 0 Å². The first-order valence-electron chi connectivity index (χ1n) is 3.18. The van der Waals surface area contributed by atoms with Crippen LogP contribution in [0.1, 0.15) is 6.92 Å². The normalized spacial score (nSPS) is 8.33. The number of carbonyl (C=O) groups is 2. The minimum atomic E-state index is -0.777. The zero-order chi connectivity index (χ0) is 9.40. The molecule has 66 valence electrons. The minimum absolute atomic E-state index is 0.0602. The van der Waals surface area contributed by atoms with Crippen LogP contribution in [0.4, 0.5) is 4.79 Å². The molecule has 0 aromatic carbocycles. The van der Waals surface area contributed by atoms with E-state index in [1.807, 2.05) is 5.32 Å². The third kappa shape index (κ3) is 5.56. The lowest BCUT2D eigenvalue weighted by Crippen LogP contribution is -2.32. The number of amides is 2. The summed E-state index contributed by atoms with van der Waals surface area (Å²) in [6.07, 6.45) is -0.777. The monoisotopic (exact) mass is 188 g/mol. The summed E-state index contributed by atoms with van der Waals surface area (Å²) in [6, 6.07) is 0. The molecule has 5 nitrogen and oxygen atoms in total. The largest absolute Gasteiger partial charge is 0.450 e. The highest BCUT2D eigenvalue weighted by atomic mass is 32.2. The van der Waals surface area contributed by atoms with E-state index in [1.165, 1.54) is 0 Å². The smallest absolute Gasteiger partial charge is 0.413 e. The molecule has 0 aliphatic heterocycles. The lowest BCUT2D eigenvalue weighted by molar-refractivity contribution is -0.117. The quantitative estimate of drug-likeness (QED) is 0.651. The number of hydrogen-bond donors (Lipinski definition) is 1.